The zero-order valence-corrected chi connectivity index (χ0v) is 15.9. The van der Waals surface area contributed by atoms with Gasteiger partial charge < -0.3 is 0 Å². The Kier molecular flexibility index (Phi) is 6.13. The molecule has 25 heavy (non-hydrogen) atoms. The average Bonchev–Trinajstić information content (AvgIpc) is 2.63. The van der Waals surface area contributed by atoms with Crippen molar-refractivity contribution in [3.05, 3.63) is 72.3 Å². The van der Waals surface area contributed by atoms with Crippen molar-refractivity contribution < 1.29 is 0 Å². The maximum Gasteiger partial charge on any atom is -0.0162 e. The van der Waals surface area contributed by atoms with Crippen LogP contribution < -0.4 is 0 Å². The summed E-state index contributed by atoms with van der Waals surface area (Å²) in [6.45, 7) is 8.44. The van der Waals surface area contributed by atoms with E-state index in [1.807, 2.05) is 0 Å². The van der Waals surface area contributed by atoms with Gasteiger partial charge in [-0.1, -0.05) is 68.5 Å². The summed E-state index contributed by atoms with van der Waals surface area (Å²) >= 11 is 0. The lowest BCUT2D eigenvalue weighted by Gasteiger charge is -2.28. The number of benzene rings is 2. The highest BCUT2D eigenvalue weighted by atomic mass is 14.3. The van der Waals surface area contributed by atoms with Crippen LogP contribution in [-0.2, 0) is 6.42 Å². The van der Waals surface area contributed by atoms with Crippen LogP contribution in [-0.4, -0.2) is 0 Å². The first-order valence-electron chi connectivity index (χ1n) is 9.96. The van der Waals surface area contributed by atoms with Crippen LogP contribution >= 0.6 is 0 Å². The monoisotopic (exact) mass is 332 g/mol. The van der Waals surface area contributed by atoms with E-state index in [9.17, 15) is 0 Å². The predicted octanol–water partition coefficient (Wildman–Crippen LogP) is 7.40. The zero-order valence-electron chi connectivity index (χ0n) is 15.9. The summed E-state index contributed by atoms with van der Waals surface area (Å²) in [5.41, 5.74) is 5.62. The average molecular weight is 333 g/mol. The Labute approximate surface area is 154 Å². The molecule has 0 atom stereocenters. The normalized spacial score (nSPS) is 20.6. The Morgan fingerprint density at radius 1 is 0.880 bits per heavy atom. The van der Waals surface area contributed by atoms with E-state index in [4.69, 9.17) is 0 Å². The highest BCUT2D eigenvalue weighted by Crippen LogP contribution is 2.37. The quantitative estimate of drug-likeness (QED) is 0.483. The third kappa shape index (κ3) is 4.84. The van der Waals surface area contributed by atoms with E-state index < -0.39 is 0 Å². The number of hydrogen-bond acceptors (Lipinski definition) is 0. The molecule has 0 unspecified atom stereocenters. The summed E-state index contributed by atoms with van der Waals surface area (Å²) in [7, 11) is 0. The molecular weight excluding hydrogens is 300 g/mol. The second-order valence-electron chi connectivity index (χ2n) is 8.16. The van der Waals surface area contributed by atoms with Crippen LogP contribution in [0.3, 0.4) is 0 Å². The number of allylic oxidation sites excluding steroid dienone is 1. The van der Waals surface area contributed by atoms with Gasteiger partial charge in [0.05, 0.1) is 0 Å². The van der Waals surface area contributed by atoms with Crippen LogP contribution in [0.25, 0.3) is 11.1 Å². The standard InChI is InChI=1S/C25H32/c1-4-5-20-6-10-22(11-7-20)24-14-16-25(17-15-24)23-12-8-21(9-13-23)18-19(2)3/h4,8-9,12-17,19-20,22H,1,5-7,10-11,18H2,2-3H3. The smallest absolute Gasteiger partial charge is 0.0162 e. The molecule has 0 radical (unpaired) electrons. The second kappa shape index (κ2) is 8.52. The van der Waals surface area contributed by atoms with E-state index in [1.54, 1.807) is 0 Å². The Morgan fingerprint density at radius 3 is 1.96 bits per heavy atom. The van der Waals surface area contributed by atoms with Crippen molar-refractivity contribution in [2.45, 2.75) is 58.3 Å². The molecule has 132 valence electrons. The minimum Gasteiger partial charge on any atom is -0.103 e. The van der Waals surface area contributed by atoms with Crippen molar-refractivity contribution in [3.8, 4) is 11.1 Å². The van der Waals surface area contributed by atoms with Gasteiger partial charge in [0.25, 0.3) is 0 Å². The van der Waals surface area contributed by atoms with Crippen molar-refractivity contribution >= 4 is 0 Å². The van der Waals surface area contributed by atoms with Gasteiger partial charge in [0.15, 0.2) is 0 Å². The van der Waals surface area contributed by atoms with E-state index in [0.717, 1.165) is 18.3 Å². The fourth-order valence-corrected chi connectivity index (χ4v) is 4.22. The van der Waals surface area contributed by atoms with Gasteiger partial charge in [-0.2, -0.15) is 0 Å². The molecule has 1 fully saturated rings. The molecule has 0 aromatic heterocycles. The third-order valence-corrected chi connectivity index (χ3v) is 5.66. The minimum absolute atomic E-state index is 0.715. The number of hydrogen-bond donors (Lipinski definition) is 0. The highest BCUT2D eigenvalue weighted by Gasteiger charge is 2.21. The van der Waals surface area contributed by atoms with E-state index in [0.29, 0.717) is 5.92 Å². The van der Waals surface area contributed by atoms with Crippen LogP contribution in [0.4, 0.5) is 0 Å². The van der Waals surface area contributed by atoms with Gasteiger partial charge in [0.2, 0.25) is 0 Å². The zero-order chi connectivity index (χ0) is 17.6. The van der Waals surface area contributed by atoms with Crippen LogP contribution in [0.5, 0.6) is 0 Å². The third-order valence-electron chi connectivity index (χ3n) is 5.66. The lowest BCUT2D eigenvalue weighted by Crippen LogP contribution is -2.12. The molecule has 0 amide bonds. The molecule has 1 aliphatic carbocycles. The van der Waals surface area contributed by atoms with Crippen LogP contribution in [0, 0.1) is 11.8 Å². The summed E-state index contributed by atoms with van der Waals surface area (Å²) in [4.78, 5) is 0. The SMILES string of the molecule is C=CCC1CCC(c2ccc(-c3ccc(CC(C)C)cc3)cc2)CC1. The first-order valence-corrected chi connectivity index (χ1v) is 9.96. The van der Waals surface area contributed by atoms with Gasteiger partial charge in [-0.05, 0) is 78.5 Å². The Balaban J connectivity index is 1.63. The van der Waals surface area contributed by atoms with Crippen molar-refractivity contribution in [1.29, 1.82) is 0 Å². The van der Waals surface area contributed by atoms with Gasteiger partial charge >= 0.3 is 0 Å². The first kappa shape index (κ1) is 18.0. The summed E-state index contributed by atoms with van der Waals surface area (Å²) in [6.07, 6.45) is 9.83. The molecule has 1 aliphatic rings. The van der Waals surface area contributed by atoms with Crippen molar-refractivity contribution in [2.75, 3.05) is 0 Å². The van der Waals surface area contributed by atoms with Gasteiger partial charge in [0.1, 0.15) is 0 Å². The molecule has 0 saturated heterocycles. The molecular formula is C25H32. The summed E-state index contributed by atoms with van der Waals surface area (Å²) in [5.74, 6) is 2.34. The molecule has 1 saturated carbocycles. The van der Waals surface area contributed by atoms with E-state index >= 15 is 0 Å². The molecule has 0 spiro atoms. The van der Waals surface area contributed by atoms with E-state index in [-0.39, 0.29) is 0 Å². The second-order valence-corrected chi connectivity index (χ2v) is 8.16. The molecule has 0 nitrogen and oxygen atoms in total. The Bertz CT molecular complexity index is 652. The topological polar surface area (TPSA) is 0 Å². The van der Waals surface area contributed by atoms with Crippen LogP contribution in [0.2, 0.25) is 0 Å². The largest absolute Gasteiger partial charge is 0.103 e. The van der Waals surface area contributed by atoms with Crippen molar-refractivity contribution in [1.82, 2.24) is 0 Å². The fraction of sp³-hybridized carbons (Fsp3) is 0.440. The van der Waals surface area contributed by atoms with Crippen LogP contribution in [0.15, 0.2) is 61.2 Å². The van der Waals surface area contributed by atoms with Crippen molar-refractivity contribution in [2.24, 2.45) is 11.8 Å². The Hall–Kier alpha value is -1.82. The van der Waals surface area contributed by atoms with Crippen LogP contribution in [0.1, 0.15) is 63.0 Å². The Morgan fingerprint density at radius 2 is 1.44 bits per heavy atom. The van der Waals surface area contributed by atoms with Gasteiger partial charge in [-0.15, -0.1) is 6.58 Å². The molecule has 0 heteroatoms. The number of rotatable bonds is 6. The maximum atomic E-state index is 3.89. The molecule has 0 aliphatic heterocycles. The predicted molar refractivity (Wildman–Crippen MR) is 110 cm³/mol. The van der Waals surface area contributed by atoms with Gasteiger partial charge in [-0.3, -0.25) is 0 Å². The highest BCUT2D eigenvalue weighted by molar-refractivity contribution is 5.64. The lowest BCUT2D eigenvalue weighted by atomic mass is 9.77. The van der Waals surface area contributed by atoms with Gasteiger partial charge in [0, 0.05) is 0 Å². The lowest BCUT2D eigenvalue weighted by molar-refractivity contribution is 0.328. The fourth-order valence-electron chi connectivity index (χ4n) is 4.22. The molecule has 2 aromatic carbocycles. The molecule has 0 bridgehead atoms. The molecule has 2 aromatic rings. The summed E-state index contributed by atoms with van der Waals surface area (Å²) in [5, 5.41) is 0. The molecule has 0 N–H and O–H groups in total. The molecule has 0 heterocycles. The summed E-state index contributed by atoms with van der Waals surface area (Å²) < 4.78 is 0. The van der Waals surface area contributed by atoms with E-state index in [1.165, 1.54) is 54.4 Å². The minimum atomic E-state index is 0.715. The van der Waals surface area contributed by atoms with Gasteiger partial charge in [-0.25, -0.2) is 0 Å². The maximum absolute atomic E-state index is 3.89. The molecule has 3 rings (SSSR count). The summed E-state index contributed by atoms with van der Waals surface area (Å²) in [6, 6.07) is 18.4. The van der Waals surface area contributed by atoms with E-state index in [2.05, 4.69) is 75.0 Å². The van der Waals surface area contributed by atoms with Crippen molar-refractivity contribution in [3.63, 3.8) is 0 Å². The first-order chi connectivity index (χ1) is 12.2.